The van der Waals surface area contributed by atoms with Crippen molar-refractivity contribution >= 4 is 6.03 Å². The van der Waals surface area contributed by atoms with Crippen molar-refractivity contribution in [1.82, 2.24) is 20.4 Å². The van der Waals surface area contributed by atoms with Crippen LogP contribution in [0.4, 0.5) is 4.79 Å². The number of benzene rings is 1. The molecule has 7 nitrogen and oxygen atoms in total. The summed E-state index contributed by atoms with van der Waals surface area (Å²) in [6, 6.07) is 8.09. The highest BCUT2D eigenvalue weighted by Crippen LogP contribution is 2.25. The number of rotatable bonds is 7. The fraction of sp³-hybridized carbons (Fsp3) is 0.526. The molecular formula is C19H26N4O3. The molecule has 0 radical (unpaired) electrons. The van der Waals surface area contributed by atoms with Gasteiger partial charge in [0.05, 0.1) is 12.5 Å². The van der Waals surface area contributed by atoms with Crippen molar-refractivity contribution in [3.63, 3.8) is 0 Å². The number of aromatic nitrogens is 2. The van der Waals surface area contributed by atoms with Gasteiger partial charge in [0, 0.05) is 25.6 Å². The van der Waals surface area contributed by atoms with Crippen LogP contribution in [0.5, 0.6) is 5.75 Å². The van der Waals surface area contributed by atoms with E-state index in [0.717, 1.165) is 17.7 Å². The number of nitrogens with one attached hydrogen (secondary N) is 1. The number of carbonyl (C=O) groups excluding carboxylic acids is 1. The molecule has 0 bridgehead atoms. The average molecular weight is 358 g/mol. The summed E-state index contributed by atoms with van der Waals surface area (Å²) in [7, 11) is 0. The van der Waals surface area contributed by atoms with Crippen LogP contribution >= 0.6 is 0 Å². The van der Waals surface area contributed by atoms with Crippen molar-refractivity contribution in [2.24, 2.45) is 0 Å². The molecule has 1 N–H and O–H groups in total. The van der Waals surface area contributed by atoms with Gasteiger partial charge in [0.25, 0.3) is 0 Å². The summed E-state index contributed by atoms with van der Waals surface area (Å²) >= 11 is 0. The molecule has 1 aliphatic heterocycles. The number of carbonyl (C=O) groups is 1. The predicted octanol–water partition coefficient (Wildman–Crippen LogP) is 2.91. The molecule has 0 aliphatic carbocycles. The summed E-state index contributed by atoms with van der Waals surface area (Å²) < 4.78 is 11.1. The van der Waals surface area contributed by atoms with Gasteiger partial charge in [-0.3, -0.25) is 0 Å². The molecule has 1 aromatic carbocycles. The zero-order valence-corrected chi connectivity index (χ0v) is 15.6. The van der Waals surface area contributed by atoms with E-state index in [-0.39, 0.29) is 18.0 Å². The van der Waals surface area contributed by atoms with Gasteiger partial charge in [-0.15, -0.1) is 0 Å². The van der Waals surface area contributed by atoms with Crippen molar-refractivity contribution in [3.8, 4) is 5.75 Å². The largest absolute Gasteiger partial charge is 0.493 e. The van der Waals surface area contributed by atoms with Gasteiger partial charge in [-0.1, -0.05) is 24.2 Å². The van der Waals surface area contributed by atoms with Crippen molar-refractivity contribution < 1.29 is 14.1 Å². The fourth-order valence-electron chi connectivity index (χ4n) is 2.70. The Bertz CT molecular complexity index is 740. The van der Waals surface area contributed by atoms with E-state index in [1.54, 1.807) is 4.90 Å². The number of ether oxygens (including phenoxy) is 1. The third kappa shape index (κ3) is 4.53. The highest BCUT2D eigenvalue weighted by atomic mass is 16.5. The molecule has 3 rings (SSSR count). The van der Waals surface area contributed by atoms with Gasteiger partial charge in [-0.2, -0.15) is 4.98 Å². The highest BCUT2D eigenvalue weighted by molar-refractivity contribution is 5.75. The van der Waals surface area contributed by atoms with Crippen LogP contribution in [0.15, 0.2) is 28.8 Å². The summed E-state index contributed by atoms with van der Waals surface area (Å²) in [4.78, 5) is 18.2. The number of aryl methyl sites for hydroxylation is 1. The third-order valence-electron chi connectivity index (χ3n) is 4.57. The molecule has 1 aromatic heterocycles. The molecule has 2 heterocycles. The number of amides is 2. The first kappa shape index (κ1) is 18.2. The Morgan fingerprint density at radius 1 is 1.46 bits per heavy atom. The highest BCUT2D eigenvalue weighted by Gasteiger charge is 2.35. The number of nitrogens with zero attached hydrogens (tertiary/aromatic N) is 3. The molecule has 1 atom stereocenters. The Balaban J connectivity index is 1.42. The summed E-state index contributed by atoms with van der Waals surface area (Å²) in [5.74, 6) is 2.20. The Labute approximate surface area is 153 Å². The van der Waals surface area contributed by atoms with Gasteiger partial charge in [-0.25, -0.2) is 4.79 Å². The second-order valence-corrected chi connectivity index (χ2v) is 6.82. The first-order valence-electron chi connectivity index (χ1n) is 9.12. The Morgan fingerprint density at radius 2 is 2.27 bits per heavy atom. The van der Waals surface area contributed by atoms with Crippen LogP contribution in [0, 0.1) is 6.92 Å². The van der Waals surface area contributed by atoms with Crippen LogP contribution in [0.3, 0.4) is 0 Å². The van der Waals surface area contributed by atoms with Crippen molar-refractivity contribution in [3.05, 3.63) is 41.5 Å². The summed E-state index contributed by atoms with van der Waals surface area (Å²) in [6.07, 6.45) is 1.50. The molecule has 1 unspecified atom stereocenters. The monoisotopic (exact) mass is 358 g/mol. The second-order valence-electron chi connectivity index (χ2n) is 6.82. The van der Waals surface area contributed by atoms with Gasteiger partial charge in [0.15, 0.2) is 5.82 Å². The minimum atomic E-state index is -0.0260. The minimum Gasteiger partial charge on any atom is -0.493 e. The Hall–Kier alpha value is -2.57. The zero-order chi connectivity index (χ0) is 18.5. The van der Waals surface area contributed by atoms with E-state index >= 15 is 0 Å². The van der Waals surface area contributed by atoms with Crippen LogP contribution in [-0.4, -0.2) is 46.8 Å². The lowest BCUT2D eigenvalue weighted by Crippen LogP contribution is -2.54. The van der Waals surface area contributed by atoms with Crippen LogP contribution in [-0.2, 0) is 6.42 Å². The smallest absolute Gasteiger partial charge is 0.317 e. The maximum Gasteiger partial charge on any atom is 0.317 e. The molecule has 2 aromatic rings. The van der Waals surface area contributed by atoms with Gasteiger partial charge in [0.1, 0.15) is 5.75 Å². The lowest BCUT2D eigenvalue weighted by atomic mass is 10.0. The third-order valence-corrected chi connectivity index (χ3v) is 4.57. The van der Waals surface area contributed by atoms with E-state index in [4.69, 9.17) is 9.26 Å². The molecule has 1 aliphatic rings. The van der Waals surface area contributed by atoms with E-state index < -0.39 is 0 Å². The van der Waals surface area contributed by atoms with Crippen molar-refractivity contribution in [1.29, 1.82) is 0 Å². The summed E-state index contributed by atoms with van der Waals surface area (Å²) in [6.45, 7) is 7.80. The second kappa shape index (κ2) is 8.21. The standard InChI is InChI=1S/C19H26N4O3/c1-4-14(3)20-19(24)23-11-15(12-23)18-21-17(22-26-18)8-9-25-16-7-5-6-13(2)10-16/h5-7,10,14-15H,4,8-9,11-12H2,1-3H3,(H,20,24). The zero-order valence-electron chi connectivity index (χ0n) is 15.6. The lowest BCUT2D eigenvalue weighted by molar-refractivity contribution is 0.134. The van der Waals surface area contributed by atoms with E-state index in [9.17, 15) is 4.79 Å². The minimum absolute atomic E-state index is 0.0260. The van der Waals surface area contributed by atoms with Crippen LogP contribution in [0.25, 0.3) is 0 Å². The van der Waals surface area contributed by atoms with Gasteiger partial charge in [0.2, 0.25) is 5.89 Å². The lowest BCUT2D eigenvalue weighted by Gasteiger charge is -2.37. The number of urea groups is 1. The fourth-order valence-corrected chi connectivity index (χ4v) is 2.70. The molecule has 26 heavy (non-hydrogen) atoms. The van der Waals surface area contributed by atoms with E-state index in [0.29, 0.717) is 37.8 Å². The van der Waals surface area contributed by atoms with Crippen molar-refractivity contribution in [2.75, 3.05) is 19.7 Å². The van der Waals surface area contributed by atoms with E-state index in [1.165, 1.54) is 0 Å². The maximum atomic E-state index is 12.0. The van der Waals surface area contributed by atoms with Crippen LogP contribution in [0.1, 0.15) is 43.5 Å². The SMILES string of the molecule is CCC(C)NC(=O)N1CC(c2nc(CCOc3cccc(C)c3)no2)C1. The molecule has 0 spiro atoms. The van der Waals surface area contributed by atoms with Crippen LogP contribution < -0.4 is 10.1 Å². The van der Waals surface area contributed by atoms with Gasteiger partial charge < -0.3 is 19.5 Å². The number of hydrogen-bond acceptors (Lipinski definition) is 5. The normalized spacial score (nSPS) is 15.4. The molecule has 1 saturated heterocycles. The first-order chi connectivity index (χ1) is 12.5. The predicted molar refractivity (Wildman–Crippen MR) is 97.3 cm³/mol. The topological polar surface area (TPSA) is 80.5 Å². The van der Waals surface area contributed by atoms with E-state index in [1.807, 2.05) is 45.0 Å². The summed E-state index contributed by atoms with van der Waals surface area (Å²) in [5.41, 5.74) is 1.16. The molecule has 0 saturated carbocycles. The Kier molecular flexibility index (Phi) is 5.75. The number of hydrogen-bond donors (Lipinski definition) is 1. The molecule has 140 valence electrons. The average Bonchev–Trinajstić information content (AvgIpc) is 3.02. The quantitative estimate of drug-likeness (QED) is 0.823. The van der Waals surface area contributed by atoms with Gasteiger partial charge >= 0.3 is 6.03 Å². The molecule has 7 heteroatoms. The molecule has 2 amide bonds. The number of likely N-dealkylation sites (tertiary alicyclic amines) is 1. The first-order valence-corrected chi connectivity index (χ1v) is 9.12. The Morgan fingerprint density at radius 3 is 3.00 bits per heavy atom. The van der Waals surface area contributed by atoms with E-state index in [2.05, 4.69) is 15.5 Å². The van der Waals surface area contributed by atoms with Gasteiger partial charge in [-0.05, 0) is 38.0 Å². The van der Waals surface area contributed by atoms with Crippen LogP contribution in [0.2, 0.25) is 0 Å². The molecule has 1 fully saturated rings. The van der Waals surface area contributed by atoms with Crippen molar-refractivity contribution in [2.45, 2.75) is 45.6 Å². The summed E-state index contributed by atoms with van der Waals surface area (Å²) in [5, 5.41) is 6.97. The molecular weight excluding hydrogens is 332 g/mol. The maximum absolute atomic E-state index is 12.0.